The summed E-state index contributed by atoms with van der Waals surface area (Å²) in [4.78, 5) is 25.7. The number of hydrogen-bond donors (Lipinski definition) is 1. The van der Waals surface area contributed by atoms with E-state index in [-0.39, 0.29) is 17.9 Å². The quantitative estimate of drug-likeness (QED) is 0.878. The van der Waals surface area contributed by atoms with Gasteiger partial charge in [-0.25, -0.2) is 0 Å². The maximum Gasteiger partial charge on any atom is 0.251 e. The third-order valence-corrected chi connectivity index (χ3v) is 4.62. The number of benzene rings is 1. The van der Waals surface area contributed by atoms with Gasteiger partial charge >= 0.3 is 0 Å². The van der Waals surface area contributed by atoms with E-state index in [1.54, 1.807) is 0 Å². The third kappa shape index (κ3) is 4.09. The molecule has 0 saturated carbocycles. The molecule has 0 radical (unpaired) electrons. The standard InChI is InChI=1S/C18H26N2O2/c1-4-13(2)14(3)19-18(22)16-9-7-15(8-10-16)12-20-11-5-6-17(20)21/h7-10,13-14H,4-6,11-12H2,1-3H3,(H,19,22). The molecule has 120 valence electrons. The molecule has 4 nitrogen and oxygen atoms in total. The summed E-state index contributed by atoms with van der Waals surface area (Å²) in [6.45, 7) is 7.79. The van der Waals surface area contributed by atoms with Crippen molar-refractivity contribution in [1.29, 1.82) is 0 Å². The fourth-order valence-electron chi connectivity index (χ4n) is 2.64. The van der Waals surface area contributed by atoms with Crippen LogP contribution in [0.5, 0.6) is 0 Å². The van der Waals surface area contributed by atoms with Crippen LogP contribution in [0.1, 0.15) is 56.0 Å². The van der Waals surface area contributed by atoms with Gasteiger partial charge in [-0.05, 0) is 37.0 Å². The average molecular weight is 302 g/mol. The number of carbonyl (C=O) groups is 2. The molecule has 1 aromatic carbocycles. The van der Waals surface area contributed by atoms with Crippen molar-refractivity contribution >= 4 is 11.8 Å². The Kier molecular flexibility index (Phi) is 5.58. The summed E-state index contributed by atoms with van der Waals surface area (Å²) < 4.78 is 0. The summed E-state index contributed by atoms with van der Waals surface area (Å²) in [7, 11) is 0. The first-order valence-corrected chi connectivity index (χ1v) is 8.18. The Morgan fingerprint density at radius 3 is 2.50 bits per heavy atom. The topological polar surface area (TPSA) is 49.4 Å². The van der Waals surface area contributed by atoms with Crippen molar-refractivity contribution in [3.05, 3.63) is 35.4 Å². The number of carbonyl (C=O) groups excluding carboxylic acids is 2. The molecule has 2 rings (SSSR count). The first kappa shape index (κ1) is 16.5. The van der Waals surface area contributed by atoms with Crippen LogP contribution in [-0.4, -0.2) is 29.3 Å². The Morgan fingerprint density at radius 2 is 1.95 bits per heavy atom. The van der Waals surface area contributed by atoms with Crippen LogP contribution in [0.15, 0.2) is 24.3 Å². The number of nitrogens with one attached hydrogen (secondary N) is 1. The van der Waals surface area contributed by atoms with E-state index in [2.05, 4.69) is 19.2 Å². The number of amides is 2. The SMILES string of the molecule is CCC(C)C(C)NC(=O)c1ccc(CN2CCCC2=O)cc1. The van der Waals surface area contributed by atoms with Gasteiger partial charge in [0.05, 0.1) is 0 Å². The van der Waals surface area contributed by atoms with Crippen molar-refractivity contribution in [2.75, 3.05) is 6.54 Å². The van der Waals surface area contributed by atoms with Gasteiger partial charge in [0.2, 0.25) is 5.91 Å². The molecule has 2 atom stereocenters. The van der Waals surface area contributed by atoms with Crippen LogP contribution >= 0.6 is 0 Å². The first-order valence-electron chi connectivity index (χ1n) is 8.18. The van der Waals surface area contributed by atoms with Gasteiger partial charge in [0, 0.05) is 31.1 Å². The first-order chi connectivity index (χ1) is 10.5. The largest absolute Gasteiger partial charge is 0.349 e. The molecule has 1 heterocycles. The molecular weight excluding hydrogens is 276 g/mol. The van der Waals surface area contributed by atoms with Gasteiger partial charge in [-0.15, -0.1) is 0 Å². The normalized spacial score (nSPS) is 17.4. The Hall–Kier alpha value is -1.84. The smallest absolute Gasteiger partial charge is 0.251 e. The summed E-state index contributed by atoms with van der Waals surface area (Å²) in [5.41, 5.74) is 1.74. The lowest BCUT2D eigenvalue weighted by atomic mass is 10.0. The monoisotopic (exact) mass is 302 g/mol. The lowest BCUT2D eigenvalue weighted by molar-refractivity contribution is -0.128. The van der Waals surface area contributed by atoms with Crippen molar-refractivity contribution in [2.24, 2.45) is 5.92 Å². The van der Waals surface area contributed by atoms with Gasteiger partial charge in [-0.2, -0.15) is 0 Å². The minimum Gasteiger partial charge on any atom is -0.349 e. The molecule has 2 unspecified atom stereocenters. The van der Waals surface area contributed by atoms with Crippen molar-refractivity contribution in [3.8, 4) is 0 Å². The molecular formula is C18H26N2O2. The second-order valence-electron chi connectivity index (χ2n) is 6.26. The van der Waals surface area contributed by atoms with Gasteiger partial charge in [0.15, 0.2) is 0 Å². The molecule has 0 aromatic heterocycles. The molecule has 0 spiro atoms. The van der Waals surface area contributed by atoms with Crippen LogP contribution in [0.4, 0.5) is 0 Å². The van der Waals surface area contributed by atoms with E-state index in [9.17, 15) is 9.59 Å². The zero-order chi connectivity index (χ0) is 16.1. The summed E-state index contributed by atoms with van der Waals surface area (Å²) >= 11 is 0. The van der Waals surface area contributed by atoms with E-state index in [4.69, 9.17) is 0 Å². The lowest BCUT2D eigenvalue weighted by Crippen LogP contribution is -2.36. The van der Waals surface area contributed by atoms with Crippen LogP contribution < -0.4 is 5.32 Å². The van der Waals surface area contributed by atoms with E-state index < -0.39 is 0 Å². The molecule has 0 bridgehead atoms. The van der Waals surface area contributed by atoms with E-state index in [1.165, 1.54) is 0 Å². The molecule has 1 aromatic rings. The van der Waals surface area contributed by atoms with Gasteiger partial charge < -0.3 is 10.2 Å². The molecule has 1 aliphatic heterocycles. The van der Waals surface area contributed by atoms with E-state index in [1.807, 2.05) is 36.1 Å². The second-order valence-corrected chi connectivity index (χ2v) is 6.26. The van der Waals surface area contributed by atoms with Crippen LogP contribution in [0.25, 0.3) is 0 Å². The number of nitrogens with zero attached hydrogens (tertiary/aromatic N) is 1. The number of hydrogen-bond acceptors (Lipinski definition) is 2. The van der Waals surface area contributed by atoms with Crippen LogP contribution in [0.2, 0.25) is 0 Å². The molecule has 0 aliphatic carbocycles. The van der Waals surface area contributed by atoms with E-state index in [0.717, 1.165) is 24.9 Å². The van der Waals surface area contributed by atoms with Gasteiger partial charge in [0.1, 0.15) is 0 Å². The summed E-state index contributed by atoms with van der Waals surface area (Å²) in [5.74, 6) is 0.658. The van der Waals surface area contributed by atoms with Crippen LogP contribution in [0.3, 0.4) is 0 Å². The van der Waals surface area contributed by atoms with Crippen LogP contribution in [-0.2, 0) is 11.3 Å². The second kappa shape index (κ2) is 7.43. The zero-order valence-electron chi connectivity index (χ0n) is 13.8. The number of rotatable bonds is 6. The molecule has 2 amide bonds. The average Bonchev–Trinajstić information content (AvgIpc) is 2.92. The predicted molar refractivity (Wildman–Crippen MR) is 87.5 cm³/mol. The fourth-order valence-corrected chi connectivity index (χ4v) is 2.64. The van der Waals surface area contributed by atoms with Crippen molar-refractivity contribution in [2.45, 2.75) is 52.6 Å². The van der Waals surface area contributed by atoms with E-state index in [0.29, 0.717) is 24.4 Å². The van der Waals surface area contributed by atoms with Gasteiger partial charge in [-0.1, -0.05) is 32.4 Å². The number of likely N-dealkylation sites (tertiary alicyclic amines) is 1. The van der Waals surface area contributed by atoms with Gasteiger partial charge in [0.25, 0.3) is 5.91 Å². The predicted octanol–water partition coefficient (Wildman–Crippen LogP) is 2.97. The molecule has 1 N–H and O–H groups in total. The van der Waals surface area contributed by atoms with Crippen molar-refractivity contribution < 1.29 is 9.59 Å². The minimum absolute atomic E-state index is 0.0309. The third-order valence-electron chi connectivity index (χ3n) is 4.62. The summed E-state index contributed by atoms with van der Waals surface area (Å²) in [6, 6.07) is 7.73. The highest BCUT2D eigenvalue weighted by Gasteiger charge is 2.20. The Bertz CT molecular complexity index is 524. The maximum absolute atomic E-state index is 12.2. The Labute approximate surface area is 132 Å². The molecule has 1 aliphatic rings. The van der Waals surface area contributed by atoms with Crippen molar-refractivity contribution in [3.63, 3.8) is 0 Å². The Balaban J connectivity index is 1.93. The minimum atomic E-state index is -0.0309. The highest BCUT2D eigenvalue weighted by atomic mass is 16.2. The highest BCUT2D eigenvalue weighted by Crippen LogP contribution is 2.15. The van der Waals surface area contributed by atoms with Crippen LogP contribution in [0, 0.1) is 5.92 Å². The summed E-state index contributed by atoms with van der Waals surface area (Å²) in [5, 5.41) is 3.04. The lowest BCUT2D eigenvalue weighted by Gasteiger charge is -2.20. The van der Waals surface area contributed by atoms with E-state index >= 15 is 0 Å². The highest BCUT2D eigenvalue weighted by molar-refractivity contribution is 5.94. The fraction of sp³-hybridized carbons (Fsp3) is 0.556. The van der Waals surface area contributed by atoms with Gasteiger partial charge in [-0.3, -0.25) is 9.59 Å². The summed E-state index contributed by atoms with van der Waals surface area (Å²) in [6.07, 6.45) is 2.66. The van der Waals surface area contributed by atoms with Crippen molar-refractivity contribution in [1.82, 2.24) is 10.2 Å². The molecule has 4 heteroatoms. The molecule has 1 fully saturated rings. The molecule has 1 saturated heterocycles. The molecule has 22 heavy (non-hydrogen) atoms. The Morgan fingerprint density at radius 1 is 1.27 bits per heavy atom. The zero-order valence-corrected chi connectivity index (χ0v) is 13.8. The maximum atomic E-state index is 12.2.